The van der Waals surface area contributed by atoms with Crippen LogP contribution in [0.4, 0.5) is 11.4 Å². The van der Waals surface area contributed by atoms with Gasteiger partial charge in [-0.3, -0.25) is 9.59 Å². The molecule has 192 valence electrons. The molecule has 0 aliphatic heterocycles. The lowest BCUT2D eigenvalue weighted by Crippen LogP contribution is -2.36. The number of anilines is 2. The van der Waals surface area contributed by atoms with Gasteiger partial charge in [-0.15, -0.1) is 0 Å². The fourth-order valence-corrected chi connectivity index (χ4v) is 4.86. The molecule has 0 bridgehead atoms. The van der Waals surface area contributed by atoms with Crippen molar-refractivity contribution in [2.75, 3.05) is 30.9 Å². The summed E-state index contributed by atoms with van der Waals surface area (Å²) < 4.78 is 0. The second-order valence-electron chi connectivity index (χ2n) is 9.94. The molecule has 1 N–H and O–H groups in total. The lowest BCUT2D eigenvalue weighted by atomic mass is 9.88. The minimum atomic E-state index is -0.156. The number of amides is 2. The molecule has 1 aliphatic rings. The summed E-state index contributed by atoms with van der Waals surface area (Å²) in [5.74, 6) is 0.0979. The molecule has 0 atom stereocenters. The quantitative estimate of drug-likeness (QED) is 0.374. The average molecular weight is 496 g/mol. The van der Waals surface area contributed by atoms with Gasteiger partial charge in [0.15, 0.2) is 0 Å². The van der Waals surface area contributed by atoms with Gasteiger partial charge in [0.05, 0.1) is 6.54 Å². The summed E-state index contributed by atoms with van der Waals surface area (Å²) in [6.07, 6.45) is 8.63. The van der Waals surface area contributed by atoms with Crippen molar-refractivity contribution in [3.8, 4) is 11.1 Å². The van der Waals surface area contributed by atoms with E-state index < -0.39 is 0 Å². The van der Waals surface area contributed by atoms with Gasteiger partial charge < -0.3 is 15.1 Å². The Balaban J connectivity index is 1.58. The van der Waals surface area contributed by atoms with Crippen molar-refractivity contribution < 1.29 is 9.59 Å². The van der Waals surface area contributed by atoms with Gasteiger partial charge in [-0.1, -0.05) is 67.8 Å². The third-order valence-corrected chi connectivity index (χ3v) is 7.09. The molecule has 0 radical (unpaired) electrons. The van der Waals surface area contributed by atoms with Crippen LogP contribution in [0.1, 0.15) is 43.2 Å². The molecule has 0 spiro atoms. The van der Waals surface area contributed by atoms with Gasteiger partial charge in [-0.2, -0.15) is 0 Å². The van der Waals surface area contributed by atoms with Crippen molar-refractivity contribution in [3.05, 3.63) is 90.0 Å². The molecule has 1 fully saturated rings. The highest BCUT2D eigenvalue weighted by Crippen LogP contribution is 2.30. The number of carbonyl (C=O) groups excluding carboxylic acids is 2. The highest BCUT2D eigenvalue weighted by Gasteiger charge is 2.27. The molecule has 1 aliphatic carbocycles. The van der Waals surface area contributed by atoms with Crippen molar-refractivity contribution in [3.63, 3.8) is 0 Å². The van der Waals surface area contributed by atoms with Crippen LogP contribution >= 0.6 is 0 Å². The Morgan fingerprint density at radius 2 is 1.51 bits per heavy atom. The molecule has 37 heavy (non-hydrogen) atoms. The lowest BCUT2D eigenvalue weighted by Gasteiger charge is -2.30. The zero-order valence-electron chi connectivity index (χ0n) is 22.1. The minimum Gasteiger partial charge on any atom is -0.378 e. The van der Waals surface area contributed by atoms with Gasteiger partial charge in [0, 0.05) is 44.5 Å². The Bertz CT molecular complexity index is 1220. The number of nitrogens with zero attached hydrogens (tertiary/aromatic N) is 2. The summed E-state index contributed by atoms with van der Waals surface area (Å²) in [7, 11) is 5.69. The summed E-state index contributed by atoms with van der Waals surface area (Å²) in [6, 6.07) is 24.9. The van der Waals surface area contributed by atoms with E-state index in [2.05, 4.69) is 58.7 Å². The van der Waals surface area contributed by atoms with Crippen LogP contribution in [0.15, 0.2) is 78.9 Å². The number of carbonyl (C=O) groups is 2. The first-order chi connectivity index (χ1) is 17.9. The van der Waals surface area contributed by atoms with Crippen molar-refractivity contribution >= 4 is 29.3 Å². The van der Waals surface area contributed by atoms with E-state index in [0.717, 1.165) is 48.1 Å². The Labute approximate surface area is 220 Å². The fraction of sp³-hybridized carbons (Fsp3) is 0.312. The van der Waals surface area contributed by atoms with Crippen LogP contribution in [0.3, 0.4) is 0 Å². The maximum atomic E-state index is 13.7. The summed E-state index contributed by atoms with van der Waals surface area (Å²) in [5.41, 5.74) is 6.33. The third-order valence-electron chi connectivity index (χ3n) is 7.09. The van der Waals surface area contributed by atoms with E-state index in [9.17, 15) is 9.59 Å². The van der Waals surface area contributed by atoms with E-state index in [4.69, 9.17) is 0 Å². The van der Waals surface area contributed by atoms with Crippen molar-refractivity contribution in [2.24, 2.45) is 5.92 Å². The molecule has 0 aromatic heterocycles. The van der Waals surface area contributed by atoms with Gasteiger partial charge in [0.1, 0.15) is 0 Å². The van der Waals surface area contributed by atoms with Gasteiger partial charge in [-0.05, 0) is 65.4 Å². The van der Waals surface area contributed by atoms with Crippen LogP contribution in [-0.4, -0.2) is 33.0 Å². The van der Waals surface area contributed by atoms with E-state index >= 15 is 0 Å². The fourth-order valence-electron chi connectivity index (χ4n) is 4.86. The summed E-state index contributed by atoms with van der Waals surface area (Å²) in [4.78, 5) is 29.4. The molecule has 0 heterocycles. The topological polar surface area (TPSA) is 52.7 Å². The Morgan fingerprint density at radius 3 is 2.14 bits per heavy atom. The molecule has 0 saturated heterocycles. The Hall–Kier alpha value is -3.86. The number of nitrogens with one attached hydrogen (secondary N) is 1. The maximum absolute atomic E-state index is 13.7. The zero-order valence-corrected chi connectivity index (χ0v) is 22.1. The highest BCUT2D eigenvalue weighted by atomic mass is 16.2. The molecule has 3 aromatic rings. The van der Waals surface area contributed by atoms with Crippen molar-refractivity contribution in [1.29, 1.82) is 0 Å². The van der Waals surface area contributed by atoms with Crippen LogP contribution in [0, 0.1) is 5.92 Å². The summed E-state index contributed by atoms with van der Waals surface area (Å²) in [5, 5.41) is 2.60. The first-order valence-corrected chi connectivity index (χ1v) is 13.1. The minimum absolute atomic E-state index is 0.0632. The SMILES string of the molecule is CNC(=O)/C=C/c1cccc(N(Cc2ccc(-c3ccc(N(C)C)cc3)cc2)C(=O)C2CCCCC2)c1. The number of likely N-dealkylation sites (N-methyl/N-ethyl adjacent to an activating group) is 1. The molecule has 2 amide bonds. The molecule has 1 saturated carbocycles. The summed E-state index contributed by atoms with van der Waals surface area (Å²) >= 11 is 0. The second-order valence-corrected chi connectivity index (χ2v) is 9.94. The first-order valence-electron chi connectivity index (χ1n) is 13.1. The van der Waals surface area contributed by atoms with Gasteiger partial charge in [0.2, 0.25) is 11.8 Å². The van der Waals surface area contributed by atoms with Crippen LogP contribution in [-0.2, 0) is 16.1 Å². The maximum Gasteiger partial charge on any atom is 0.243 e. The van der Waals surface area contributed by atoms with Gasteiger partial charge >= 0.3 is 0 Å². The van der Waals surface area contributed by atoms with Crippen LogP contribution < -0.4 is 15.1 Å². The molecule has 0 unspecified atom stereocenters. The van der Waals surface area contributed by atoms with Gasteiger partial charge in [0.25, 0.3) is 0 Å². The van der Waals surface area contributed by atoms with E-state index in [-0.39, 0.29) is 17.7 Å². The molecule has 5 heteroatoms. The highest BCUT2D eigenvalue weighted by molar-refractivity contribution is 5.96. The first kappa shape index (κ1) is 26.2. The van der Waals surface area contributed by atoms with E-state index in [0.29, 0.717) is 6.54 Å². The standard InChI is InChI=1S/C32H37N3O2/c1-33-31(36)21-14-24-8-7-11-30(22-24)35(32(37)28-9-5-4-6-10-28)23-25-12-15-26(16-13-25)27-17-19-29(20-18-27)34(2)3/h7-8,11-22,28H,4-6,9-10,23H2,1-3H3,(H,33,36)/b21-14+. The largest absolute Gasteiger partial charge is 0.378 e. The summed E-state index contributed by atoms with van der Waals surface area (Å²) in [6.45, 7) is 0.512. The molecular weight excluding hydrogens is 458 g/mol. The van der Waals surface area contributed by atoms with Crippen molar-refractivity contribution in [2.45, 2.75) is 38.6 Å². The average Bonchev–Trinajstić information content (AvgIpc) is 2.95. The monoisotopic (exact) mass is 495 g/mol. The van der Waals surface area contributed by atoms with E-state index in [1.807, 2.05) is 43.3 Å². The van der Waals surface area contributed by atoms with Crippen LogP contribution in [0.2, 0.25) is 0 Å². The normalized spacial score (nSPS) is 13.9. The number of hydrogen-bond donors (Lipinski definition) is 1. The predicted molar refractivity (Wildman–Crippen MR) is 154 cm³/mol. The smallest absolute Gasteiger partial charge is 0.243 e. The lowest BCUT2D eigenvalue weighted by molar-refractivity contribution is -0.123. The van der Waals surface area contributed by atoms with Crippen molar-refractivity contribution in [1.82, 2.24) is 5.32 Å². The van der Waals surface area contributed by atoms with Gasteiger partial charge in [-0.25, -0.2) is 0 Å². The van der Waals surface area contributed by atoms with E-state index in [1.54, 1.807) is 13.1 Å². The van der Waals surface area contributed by atoms with Crippen LogP contribution in [0.5, 0.6) is 0 Å². The number of hydrogen-bond acceptors (Lipinski definition) is 3. The molecule has 5 nitrogen and oxygen atoms in total. The molecular formula is C32H37N3O2. The van der Waals surface area contributed by atoms with E-state index in [1.165, 1.54) is 23.7 Å². The second kappa shape index (κ2) is 12.4. The third kappa shape index (κ3) is 6.88. The zero-order chi connectivity index (χ0) is 26.2. The predicted octanol–water partition coefficient (Wildman–Crippen LogP) is 6.29. The van der Waals surface area contributed by atoms with Crippen LogP contribution in [0.25, 0.3) is 17.2 Å². The molecule has 3 aromatic carbocycles. The number of rotatable bonds is 8. The molecule has 4 rings (SSSR count). The Kier molecular flexibility index (Phi) is 8.78. The number of benzene rings is 3. The Morgan fingerprint density at radius 1 is 0.865 bits per heavy atom.